The lowest BCUT2D eigenvalue weighted by molar-refractivity contribution is -0.142. The van der Waals surface area contributed by atoms with Crippen LogP contribution in [0.3, 0.4) is 0 Å². The lowest BCUT2D eigenvalue weighted by Gasteiger charge is -2.30. The highest BCUT2D eigenvalue weighted by Crippen LogP contribution is 2.25. The molecule has 12 amide bonds. The van der Waals surface area contributed by atoms with Gasteiger partial charge in [-0.3, -0.25) is 72.1 Å². The molecule has 15 atom stereocenters. The fourth-order valence-electron chi connectivity index (χ4n) is 10.9. The Morgan fingerprint density at radius 2 is 1.28 bits per heavy atom. The van der Waals surface area contributed by atoms with Crippen molar-refractivity contribution in [3.63, 3.8) is 0 Å². The Hall–Kier alpha value is -9.25. The molecule has 1 fully saturated rings. The van der Waals surface area contributed by atoms with Gasteiger partial charge in [0.15, 0.2) is 0 Å². The fourth-order valence-corrected chi connectivity index (χ4v) is 12.1. The first-order chi connectivity index (χ1) is 47.8. The number of carboxylic acids is 2. The number of nitrogens with zero attached hydrogens (tertiary/aromatic N) is 2. The topological polar surface area (TPSA) is 551 Å². The van der Waals surface area contributed by atoms with Gasteiger partial charge < -0.3 is 96.0 Å². The summed E-state index contributed by atoms with van der Waals surface area (Å²) < 4.78 is 0. The van der Waals surface area contributed by atoms with E-state index < -0.39 is 199 Å². The van der Waals surface area contributed by atoms with Crippen LogP contribution in [-0.4, -0.2) is 205 Å². The number of primary amides is 1. The molecule has 35 heteroatoms. The number of aromatic hydroxyl groups is 1. The van der Waals surface area contributed by atoms with Crippen molar-refractivity contribution in [2.45, 2.75) is 224 Å². The van der Waals surface area contributed by atoms with E-state index >= 15 is 0 Å². The van der Waals surface area contributed by atoms with Crippen molar-refractivity contribution in [3.8, 4) is 5.75 Å². The average Bonchev–Trinajstić information content (AvgIpc) is 1.81. The highest BCUT2D eigenvalue weighted by atomic mass is 32.2. The third-order valence-electron chi connectivity index (χ3n) is 17.6. The minimum atomic E-state index is -1.98. The SMILES string of the molecule is CC[C@H](C)[C@H](N)C1=N[C@H](C(=O)N[C@@H](CC(C)C)C(=O)N[C@H](CCC(=O)O)C(=O)N[C@H](C(=O)N[C@H]2CCCCNC(=O)[C@H](CC(N)=O)NC(=O)[C@@H](CC(=O)O)NC(=O)[C@H](Cc3cnc[nH]3)NC(=O)[C@@H](Cc3ccccc3O)NC(=O)[C@H]([C@@H](C)CC)NC(=O)[C@@H](CCCN)NC2=O)[C@@H](C)CC)CS1. The summed E-state index contributed by atoms with van der Waals surface area (Å²) in [5.74, 6) is -16.2. The number of nitrogens with one attached hydrogen (secondary N) is 12. The number of rotatable bonds is 31. The Balaban J connectivity index is 1.78. The lowest BCUT2D eigenvalue weighted by atomic mass is 9.96. The summed E-state index contributed by atoms with van der Waals surface area (Å²) in [7, 11) is 0. The van der Waals surface area contributed by atoms with Gasteiger partial charge in [0.25, 0.3) is 0 Å². The number of imidazole rings is 1. The third-order valence-corrected chi connectivity index (χ3v) is 18.8. The van der Waals surface area contributed by atoms with Crippen LogP contribution in [0.4, 0.5) is 0 Å². The Bertz CT molecular complexity index is 3230. The number of amides is 12. The smallest absolute Gasteiger partial charge is 0.305 e. The number of para-hydroxylation sites is 1. The van der Waals surface area contributed by atoms with Crippen LogP contribution in [0, 0.1) is 23.7 Å². The maximum absolute atomic E-state index is 14.9. The number of phenols is 1. The number of thioether (sulfide) groups is 1. The van der Waals surface area contributed by atoms with Gasteiger partial charge in [0.1, 0.15) is 72.2 Å². The molecule has 1 saturated heterocycles. The number of phenolic OH excluding ortho intramolecular Hbond substituents is 1. The minimum Gasteiger partial charge on any atom is -0.508 e. The van der Waals surface area contributed by atoms with Crippen LogP contribution in [0.15, 0.2) is 41.8 Å². The lowest BCUT2D eigenvalue weighted by Crippen LogP contribution is -2.62. The largest absolute Gasteiger partial charge is 0.508 e. The van der Waals surface area contributed by atoms with Gasteiger partial charge in [0.2, 0.25) is 70.9 Å². The molecule has 0 saturated carbocycles. The van der Waals surface area contributed by atoms with E-state index in [1.165, 1.54) is 42.5 Å². The number of hydrogen-bond donors (Lipinski definition) is 18. The first-order valence-electron chi connectivity index (χ1n) is 34.2. The van der Waals surface area contributed by atoms with Crippen molar-refractivity contribution in [2.75, 3.05) is 18.8 Å². The highest BCUT2D eigenvalue weighted by molar-refractivity contribution is 8.14. The number of aliphatic imine (C=N–C) groups is 1. The number of hydrogen-bond acceptors (Lipinski definition) is 20. The third kappa shape index (κ3) is 27.7. The quantitative estimate of drug-likeness (QED) is 0.0389. The van der Waals surface area contributed by atoms with Gasteiger partial charge in [-0.1, -0.05) is 92.9 Å². The minimum absolute atomic E-state index is 0.00639. The molecule has 4 rings (SSSR count). The molecule has 560 valence electrons. The first kappa shape index (κ1) is 84.2. The molecule has 101 heavy (non-hydrogen) atoms. The van der Waals surface area contributed by atoms with Crippen molar-refractivity contribution in [1.82, 2.24) is 68.5 Å². The van der Waals surface area contributed by atoms with Crippen LogP contribution in [0.25, 0.3) is 0 Å². The monoisotopic (exact) mass is 1440 g/mol. The van der Waals surface area contributed by atoms with Crippen molar-refractivity contribution < 1.29 is 82.4 Å². The van der Waals surface area contributed by atoms with Crippen LogP contribution in [0.5, 0.6) is 5.75 Å². The van der Waals surface area contributed by atoms with E-state index in [9.17, 15) is 82.4 Å². The molecule has 0 spiro atoms. The molecule has 2 aliphatic heterocycles. The standard InChI is InChI=1S/C66H103N17O17S/c1-9-34(6)52(69)66-81-47(31-101-66)63(98)76-42(25-33(4)5)59(94)74-41(21-22-50(86)87)58(93)83-53(35(7)10-2)64(99)75-39-18-14-15-24-71-55(90)45(28-49(68)85)78-62(97)46(29-51(88)89)79-61(96)44(27-38-30-70-32-72-38)77-60(95)43(26-37-17-12-13-20-48(37)84)80-65(100)54(36(8)11-3)82-57(92)40(19-16-23-67)73-56(39)91/h12-13,17,20,30,32-36,39-47,52-54,84H,9-11,14-16,18-19,21-29,31,67,69H2,1-8H3,(H2,68,85)(H,70,72)(H,71,90)(H,73,91)(H,74,94)(H,75,99)(H,76,98)(H,77,95)(H,78,97)(H,79,96)(H,80,100)(H,82,92)(H,83,93)(H,86,87)(H,88,89)/t34-,35-,36-,39-,40+,41+,42-,43+,44-,45-,46+,47-,52-,53-,54-/m0/s1. The Morgan fingerprint density at radius 1 is 0.673 bits per heavy atom. The number of aromatic amines is 1. The summed E-state index contributed by atoms with van der Waals surface area (Å²) in [4.78, 5) is 207. The number of carbonyl (C=O) groups excluding carboxylic acids is 12. The van der Waals surface area contributed by atoms with Crippen molar-refractivity contribution in [1.29, 1.82) is 0 Å². The van der Waals surface area contributed by atoms with E-state index in [-0.39, 0.29) is 105 Å². The summed E-state index contributed by atoms with van der Waals surface area (Å²) in [6.45, 7) is 14.0. The first-order valence-corrected chi connectivity index (χ1v) is 35.2. The van der Waals surface area contributed by atoms with Crippen LogP contribution >= 0.6 is 11.8 Å². The molecule has 2 aliphatic rings. The molecule has 3 heterocycles. The van der Waals surface area contributed by atoms with Crippen molar-refractivity contribution in [3.05, 3.63) is 48.0 Å². The maximum Gasteiger partial charge on any atom is 0.305 e. The molecular weight excluding hydrogens is 1330 g/mol. The number of aromatic nitrogens is 2. The summed E-state index contributed by atoms with van der Waals surface area (Å²) >= 11 is 1.34. The molecule has 34 nitrogen and oxygen atoms in total. The summed E-state index contributed by atoms with van der Waals surface area (Å²) in [5.41, 5.74) is 18.3. The van der Waals surface area contributed by atoms with Gasteiger partial charge in [0.05, 0.1) is 30.3 Å². The Morgan fingerprint density at radius 3 is 1.87 bits per heavy atom. The molecule has 1 aromatic heterocycles. The molecule has 0 bridgehead atoms. The van der Waals surface area contributed by atoms with Gasteiger partial charge in [-0.2, -0.15) is 0 Å². The average molecular weight is 1440 g/mol. The summed E-state index contributed by atoms with van der Waals surface area (Å²) in [5, 5.41) is 59.7. The molecule has 1 aromatic carbocycles. The van der Waals surface area contributed by atoms with Crippen LogP contribution in [0.1, 0.15) is 150 Å². The molecule has 2 aromatic rings. The Labute approximate surface area is 590 Å². The predicted molar refractivity (Wildman–Crippen MR) is 371 cm³/mol. The number of aliphatic carboxylic acids is 2. The van der Waals surface area contributed by atoms with E-state index in [0.717, 1.165) is 6.42 Å². The van der Waals surface area contributed by atoms with E-state index in [0.29, 0.717) is 5.04 Å². The van der Waals surface area contributed by atoms with Gasteiger partial charge in [-0.15, -0.1) is 11.8 Å². The van der Waals surface area contributed by atoms with Crippen LogP contribution in [-0.2, 0) is 80.0 Å². The van der Waals surface area contributed by atoms with Crippen molar-refractivity contribution in [2.24, 2.45) is 45.9 Å². The normalized spacial score (nSPS) is 23.0. The number of benzene rings is 1. The highest BCUT2D eigenvalue weighted by Gasteiger charge is 2.40. The zero-order chi connectivity index (χ0) is 75.2. The van der Waals surface area contributed by atoms with Crippen LogP contribution in [0.2, 0.25) is 0 Å². The van der Waals surface area contributed by atoms with Crippen molar-refractivity contribution >= 4 is 99.6 Å². The second-order valence-electron chi connectivity index (χ2n) is 26.1. The molecular formula is C66H103N17O17S. The number of carboxylic acid groups (broad SMARTS) is 2. The van der Waals surface area contributed by atoms with E-state index in [2.05, 4.69) is 73.4 Å². The predicted octanol–water partition coefficient (Wildman–Crippen LogP) is -1.97. The number of nitrogens with two attached hydrogens (primary N) is 3. The summed E-state index contributed by atoms with van der Waals surface area (Å²) in [6, 6.07) is -11.4. The number of H-pyrrole nitrogens is 1. The second-order valence-corrected chi connectivity index (χ2v) is 27.1. The molecule has 0 unspecified atom stereocenters. The molecule has 21 N–H and O–H groups in total. The fraction of sp³-hybridized carbons (Fsp3) is 0.636. The maximum atomic E-state index is 14.9. The molecule has 0 aliphatic carbocycles. The zero-order valence-corrected chi connectivity index (χ0v) is 59.3. The molecule has 0 radical (unpaired) electrons. The second kappa shape index (κ2) is 42.1. The Kier molecular flexibility index (Phi) is 35.1. The summed E-state index contributed by atoms with van der Waals surface area (Å²) in [6.07, 6.45) is -0.211. The number of carbonyl (C=O) groups is 14. The van der Waals surface area contributed by atoms with Gasteiger partial charge >= 0.3 is 11.9 Å². The van der Waals surface area contributed by atoms with E-state index in [1.54, 1.807) is 47.6 Å². The van der Waals surface area contributed by atoms with Gasteiger partial charge in [0, 0.05) is 43.5 Å². The van der Waals surface area contributed by atoms with Crippen LogP contribution < -0.4 is 75.7 Å². The van der Waals surface area contributed by atoms with Gasteiger partial charge in [-0.05, 0) is 86.8 Å². The van der Waals surface area contributed by atoms with Gasteiger partial charge in [-0.25, -0.2) is 4.98 Å². The zero-order valence-electron chi connectivity index (χ0n) is 58.5. The van der Waals surface area contributed by atoms with E-state index in [1.807, 2.05) is 13.8 Å². The van der Waals surface area contributed by atoms with E-state index in [4.69, 9.17) is 17.2 Å².